The molecule has 0 aromatic rings. The molecular formula is C14H30N2O2S. The van der Waals surface area contributed by atoms with Gasteiger partial charge in [0.15, 0.2) is 0 Å². The number of nitrogens with one attached hydrogen (secondary N) is 2. The molecule has 3 unspecified atom stereocenters. The Morgan fingerprint density at radius 2 is 1.89 bits per heavy atom. The zero-order chi connectivity index (χ0) is 14.3. The van der Waals surface area contributed by atoms with Crippen LogP contribution in [0.3, 0.4) is 0 Å². The van der Waals surface area contributed by atoms with Gasteiger partial charge in [-0.1, -0.05) is 33.6 Å². The van der Waals surface area contributed by atoms with Crippen LogP contribution in [0.5, 0.6) is 0 Å². The summed E-state index contributed by atoms with van der Waals surface area (Å²) in [5.41, 5.74) is 0. The molecular weight excluding hydrogens is 260 g/mol. The van der Waals surface area contributed by atoms with Gasteiger partial charge in [0.25, 0.3) is 0 Å². The van der Waals surface area contributed by atoms with Gasteiger partial charge in [-0.15, -0.1) is 0 Å². The highest BCUT2D eigenvalue weighted by Gasteiger charge is 2.29. The first kappa shape index (κ1) is 16.9. The molecule has 0 aromatic heterocycles. The molecule has 1 aliphatic carbocycles. The van der Waals surface area contributed by atoms with Crippen LogP contribution < -0.4 is 10.0 Å². The van der Waals surface area contributed by atoms with Crippen LogP contribution >= 0.6 is 0 Å². The topological polar surface area (TPSA) is 58.2 Å². The lowest BCUT2D eigenvalue weighted by molar-refractivity contribution is 0.227. The zero-order valence-electron chi connectivity index (χ0n) is 12.6. The van der Waals surface area contributed by atoms with Gasteiger partial charge in [-0.3, -0.25) is 0 Å². The van der Waals surface area contributed by atoms with Crippen molar-refractivity contribution in [3.05, 3.63) is 0 Å². The molecule has 1 fully saturated rings. The third-order valence-corrected chi connectivity index (χ3v) is 5.79. The van der Waals surface area contributed by atoms with E-state index in [0.717, 1.165) is 38.8 Å². The van der Waals surface area contributed by atoms with E-state index in [1.807, 2.05) is 0 Å². The van der Waals surface area contributed by atoms with Gasteiger partial charge in [0, 0.05) is 6.04 Å². The van der Waals surface area contributed by atoms with Gasteiger partial charge in [0.1, 0.15) is 0 Å². The lowest BCUT2D eigenvalue weighted by atomic mass is 9.78. The van der Waals surface area contributed by atoms with Crippen molar-refractivity contribution in [2.75, 3.05) is 18.8 Å². The van der Waals surface area contributed by atoms with Crippen molar-refractivity contribution in [1.29, 1.82) is 0 Å². The molecule has 0 heterocycles. The molecule has 0 radical (unpaired) electrons. The minimum absolute atomic E-state index is 0.141. The fourth-order valence-corrected chi connectivity index (χ4v) is 4.25. The van der Waals surface area contributed by atoms with Crippen LogP contribution in [0.15, 0.2) is 0 Å². The second-order valence-electron chi connectivity index (χ2n) is 5.87. The largest absolute Gasteiger partial charge is 0.317 e. The molecule has 19 heavy (non-hydrogen) atoms. The van der Waals surface area contributed by atoms with Crippen LogP contribution in [-0.4, -0.2) is 33.3 Å². The second kappa shape index (κ2) is 8.22. The second-order valence-corrected chi connectivity index (χ2v) is 7.74. The minimum Gasteiger partial charge on any atom is -0.317 e. The number of sulfonamides is 1. The molecule has 0 aliphatic heterocycles. The molecule has 2 N–H and O–H groups in total. The Hall–Kier alpha value is -0.130. The van der Waals surface area contributed by atoms with Crippen LogP contribution in [0.4, 0.5) is 0 Å². The van der Waals surface area contributed by atoms with E-state index in [4.69, 9.17) is 0 Å². The van der Waals surface area contributed by atoms with Crippen molar-refractivity contribution >= 4 is 10.0 Å². The highest BCUT2D eigenvalue weighted by Crippen LogP contribution is 2.29. The Bertz CT molecular complexity index is 343. The lowest BCUT2D eigenvalue weighted by Gasteiger charge is -2.34. The summed E-state index contributed by atoms with van der Waals surface area (Å²) in [6, 6.07) is 0.141. The van der Waals surface area contributed by atoms with Crippen molar-refractivity contribution in [1.82, 2.24) is 10.0 Å². The van der Waals surface area contributed by atoms with E-state index in [1.54, 1.807) is 0 Å². The zero-order valence-corrected chi connectivity index (χ0v) is 13.4. The Balaban J connectivity index is 2.33. The summed E-state index contributed by atoms with van der Waals surface area (Å²) < 4.78 is 27.0. The maximum absolute atomic E-state index is 12.1. The molecule has 1 rings (SSSR count). The van der Waals surface area contributed by atoms with Crippen molar-refractivity contribution in [2.45, 2.75) is 58.9 Å². The average molecular weight is 290 g/mol. The molecule has 4 nitrogen and oxygen atoms in total. The van der Waals surface area contributed by atoms with E-state index in [0.29, 0.717) is 11.8 Å². The summed E-state index contributed by atoms with van der Waals surface area (Å²) in [6.45, 7) is 8.30. The van der Waals surface area contributed by atoms with Crippen LogP contribution in [0, 0.1) is 11.8 Å². The maximum Gasteiger partial charge on any atom is 0.211 e. The third-order valence-electron chi connectivity index (χ3n) is 4.30. The van der Waals surface area contributed by atoms with Crippen LogP contribution in [0.2, 0.25) is 0 Å². The van der Waals surface area contributed by atoms with Gasteiger partial charge in [-0.05, 0) is 44.2 Å². The van der Waals surface area contributed by atoms with Crippen molar-refractivity contribution in [2.24, 2.45) is 11.8 Å². The predicted molar refractivity (Wildman–Crippen MR) is 80.7 cm³/mol. The molecule has 114 valence electrons. The number of hydrogen-bond donors (Lipinski definition) is 2. The molecule has 1 saturated carbocycles. The standard InChI is InChI=1S/C14H30N2O2S/c1-4-15-10-5-6-11-19(17,18)16-14-9-7-8-12(2)13(14)3/h12-16H,4-11H2,1-3H3. The normalized spacial score (nSPS) is 28.5. The van der Waals surface area contributed by atoms with Crippen molar-refractivity contribution < 1.29 is 8.42 Å². The molecule has 0 aromatic carbocycles. The fourth-order valence-electron chi connectivity index (χ4n) is 2.76. The quantitative estimate of drug-likeness (QED) is 0.673. The Labute approximate surface area is 118 Å². The summed E-state index contributed by atoms with van der Waals surface area (Å²) in [6.07, 6.45) is 5.01. The molecule has 0 amide bonds. The Morgan fingerprint density at radius 1 is 1.16 bits per heavy atom. The van der Waals surface area contributed by atoms with E-state index >= 15 is 0 Å². The van der Waals surface area contributed by atoms with E-state index < -0.39 is 10.0 Å². The van der Waals surface area contributed by atoms with Gasteiger partial charge < -0.3 is 5.32 Å². The molecule has 1 aliphatic rings. The Morgan fingerprint density at radius 3 is 2.58 bits per heavy atom. The van der Waals surface area contributed by atoms with E-state index in [2.05, 4.69) is 30.8 Å². The third kappa shape index (κ3) is 6.23. The first-order valence-electron chi connectivity index (χ1n) is 7.67. The fraction of sp³-hybridized carbons (Fsp3) is 1.00. The SMILES string of the molecule is CCNCCCCS(=O)(=O)NC1CCCC(C)C1C. The van der Waals surface area contributed by atoms with E-state index in [1.165, 1.54) is 6.42 Å². The van der Waals surface area contributed by atoms with Crippen LogP contribution in [-0.2, 0) is 10.0 Å². The highest BCUT2D eigenvalue weighted by atomic mass is 32.2. The predicted octanol–water partition coefficient (Wildman–Crippen LogP) is 2.12. The smallest absolute Gasteiger partial charge is 0.211 e. The average Bonchev–Trinajstić information content (AvgIpc) is 2.34. The molecule has 0 spiro atoms. The molecule has 0 bridgehead atoms. The van der Waals surface area contributed by atoms with Crippen LogP contribution in [0.25, 0.3) is 0 Å². The first-order chi connectivity index (χ1) is 8.96. The monoisotopic (exact) mass is 290 g/mol. The van der Waals surface area contributed by atoms with E-state index in [-0.39, 0.29) is 11.8 Å². The number of unbranched alkanes of at least 4 members (excludes halogenated alkanes) is 1. The number of hydrogen-bond acceptors (Lipinski definition) is 3. The van der Waals surface area contributed by atoms with Gasteiger partial charge >= 0.3 is 0 Å². The first-order valence-corrected chi connectivity index (χ1v) is 9.32. The Kier molecular flexibility index (Phi) is 7.32. The maximum atomic E-state index is 12.1. The molecule has 5 heteroatoms. The lowest BCUT2D eigenvalue weighted by Crippen LogP contribution is -2.44. The van der Waals surface area contributed by atoms with Gasteiger partial charge in [-0.25, -0.2) is 13.1 Å². The summed E-state index contributed by atoms with van der Waals surface area (Å²) in [7, 11) is -3.10. The highest BCUT2D eigenvalue weighted by molar-refractivity contribution is 7.89. The van der Waals surface area contributed by atoms with E-state index in [9.17, 15) is 8.42 Å². The van der Waals surface area contributed by atoms with Gasteiger partial charge in [0.2, 0.25) is 10.0 Å². The summed E-state index contributed by atoms with van der Waals surface area (Å²) in [5.74, 6) is 1.33. The minimum atomic E-state index is -3.10. The van der Waals surface area contributed by atoms with Crippen molar-refractivity contribution in [3.8, 4) is 0 Å². The van der Waals surface area contributed by atoms with Crippen molar-refractivity contribution in [3.63, 3.8) is 0 Å². The number of rotatable bonds is 8. The van der Waals surface area contributed by atoms with Gasteiger partial charge in [-0.2, -0.15) is 0 Å². The summed E-state index contributed by atoms with van der Waals surface area (Å²) in [4.78, 5) is 0. The van der Waals surface area contributed by atoms with Gasteiger partial charge in [0.05, 0.1) is 5.75 Å². The molecule has 0 saturated heterocycles. The van der Waals surface area contributed by atoms with Crippen LogP contribution in [0.1, 0.15) is 52.9 Å². The summed E-state index contributed by atoms with van der Waals surface area (Å²) in [5, 5.41) is 3.21. The summed E-state index contributed by atoms with van der Waals surface area (Å²) >= 11 is 0. The molecule has 3 atom stereocenters.